The predicted octanol–water partition coefficient (Wildman–Crippen LogP) is 5.01. The van der Waals surface area contributed by atoms with Crippen LogP contribution in [-0.4, -0.2) is 16.8 Å². The van der Waals surface area contributed by atoms with Gasteiger partial charge in [-0.2, -0.15) is 0 Å². The molecule has 0 unspecified atom stereocenters. The molecule has 20 heavy (non-hydrogen) atoms. The maximum atomic E-state index is 9.76. The van der Waals surface area contributed by atoms with Crippen LogP contribution in [0.4, 0.5) is 0 Å². The summed E-state index contributed by atoms with van der Waals surface area (Å²) in [5.41, 5.74) is 3.25. The van der Waals surface area contributed by atoms with E-state index in [-0.39, 0.29) is 6.61 Å². The SMILES string of the molecule is CCC(O)=C(C=C(C)C=CC=CC(C)=CCCO)CC. The van der Waals surface area contributed by atoms with E-state index in [0.717, 1.165) is 23.1 Å². The van der Waals surface area contributed by atoms with Crippen molar-refractivity contribution >= 4 is 0 Å². The first-order valence-corrected chi connectivity index (χ1v) is 7.26. The molecular formula is C18H28O2. The van der Waals surface area contributed by atoms with Gasteiger partial charge >= 0.3 is 0 Å². The van der Waals surface area contributed by atoms with E-state index in [1.54, 1.807) is 0 Å². The summed E-state index contributed by atoms with van der Waals surface area (Å²) < 4.78 is 0. The summed E-state index contributed by atoms with van der Waals surface area (Å²) in [5.74, 6) is 0.471. The van der Waals surface area contributed by atoms with Gasteiger partial charge in [0.1, 0.15) is 0 Å². The first-order valence-electron chi connectivity index (χ1n) is 7.26. The lowest BCUT2D eigenvalue weighted by Gasteiger charge is -2.03. The molecule has 0 heterocycles. The number of allylic oxidation sites excluding steroid dienone is 9. The Hall–Kier alpha value is -1.54. The van der Waals surface area contributed by atoms with E-state index in [4.69, 9.17) is 5.11 Å². The number of rotatable bonds is 8. The molecular weight excluding hydrogens is 248 g/mol. The van der Waals surface area contributed by atoms with Crippen LogP contribution in [-0.2, 0) is 0 Å². The van der Waals surface area contributed by atoms with E-state index >= 15 is 0 Å². The van der Waals surface area contributed by atoms with Crippen LogP contribution >= 0.6 is 0 Å². The Morgan fingerprint density at radius 3 is 2.05 bits per heavy atom. The van der Waals surface area contributed by atoms with Crippen LogP contribution < -0.4 is 0 Å². The topological polar surface area (TPSA) is 40.5 Å². The largest absolute Gasteiger partial charge is 0.512 e. The van der Waals surface area contributed by atoms with Crippen molar-refractivity contribution in [3.8, 4) is 0 Å². The van der Waals surface area contributed by atoms with Crippen LogP contribution in [0.2, 0.25) is 0 Å². The molecule has 0 amide bonds. The van der Waals surface area contributed by atoms with Crippen LogP contribution in [0, 0.1) is 0 Å². The number of hydrogen-bond donors (Lipinski definition) is 2. The van der Waals surface area contributed by atoms with Gasteiger partial charge in [0, 0.05) is 13.0 Å². The lowest BCUT2D eigenvalue weighted by Crippen LogP contribution is -1.87. The lowest BCUT2D eigenvalue weighted by atomic mass is 10.1. The molecule has 0 aromatic heterocycles. The molecule has 2 N–H and O–H groups in total. The van der Waals surface area contributed by atoms with Crippen LogP contribution in [0.1, 0.15) is 47.0 Å². The van der Waals surface area contributed by atoms with E-state index in [1.165, 1.54) is 0 Å². The molecule has 0 fully saturated rings. The third kappa shape index (κ3) is 8.54. The third-order valence-electron chi connectivity index (χ3n) is 2.91. The molecule has 0 aromatic rings. The second-order valence-electron chi connectivity index (χ2n) is 4.75. The molecule has 0 aromatic carbocycles. The zero-order chi connectivity index (χ0) is 15.4. The van der Waals surface area contributed by atoms with Crippen LogP contribution in [0.5, 0.6) is 0 Å². The lowest BCUT2D eigenvalue weighted by molar-refractivity contribution is 0.302. The van der Waals surface area contributed by atoms with Crippen LogP contribution in [0.25, 0.3) is 0 Å². The number of aliphatic hydroxyl groups is 2. The fourth-order valence-corrected chi connectivity index (χ4v) is 1.71. The van der Waals surface area contributed by atoms with Gasteiger partial charge in [-0.25, -0.2) is 0 Å². The highest BCUT2D eigenvalue weighted by molar-refractivity contribution is 5.32. The van der Waals surface area contributed by atoms with Crippen LogP contribution in [0.15, 0.2) is 58.9 Å². The summed E-state index contributed by atoms with van der Waals surface area (Å²) in [4.78, 5) is 0. The maximum absolute atomic E-state index is 9.76. The highest BCUT2D eigenvalue weighted by atomic mass is 16.3. The minimum Gasteiger partial charge on any atom is -0.512 e. The van der Waals surface area contributed by atoms with Crippen molar-refractivity contribution in [2.24, 2.45) is 0 Å². The van der Waals surface area contributed by atoms with Gasteiger partial charge in [-0.1, -0.05) is 61.4 Å². The molecule has 0 rings (SSSR count). The zero-order valence-electron chi connectivity index (χ0n) is 13.2. The Kier molecular flexibility index (Phi) is 10.4. The second-order valence-corrected chi connectivity index (χ2v) is 4.75. The van der Waals surface area contributed by atoms with Gasteiger partial charge in [-0.3, -0.25) is 0 Å². The van der Waals surface area contributed by atoms with Crippen LogP contribution in [0.3, 0.4) is 0 Å². The number of hydrogen-bond acceptors (Lipinski definition) is 2. The van der Waals surface area contributed by atoms with Gasteiger partial charge in [-0.05, 0) is 32.3 Å². The smallest absolute Gasteiger partial charge is 0.0951 e. The van der Waals surface area contributed by atoms with Gasteiger partial charge in [0.15, 0.2) is 0 Å². The molecule has 0 saturated heterocycles. The molecule has 0 aliphatic rings. The fraction of sp³-hybridized carbons (Fsp3) is 0.444. The summed E-state index contributed by atoms with van der Waals surface area (Å²) in [6, 6.07) is 0. The molecule has 0 bridgehead atoms. The molecule has 0 radical (unpaired) electrons. The molecule has 0 aliphatic carbocycles. The first kappa shape index (κ1) is 18.5. The molecule has 0 atom stereocenters. The van der Waals surface area contributed by atoms with Crippen molar-refractivity contribution < 1.29 is 10.2 Å². The van der Waals surface area contributed by atoms with E-state index < -0.39 is 0 Å². The highest BCUT2D eigenvalue weighted by Gasteiger charge is 1.97. The average molecular weight is 276 g/mol. The van der Waals surface area contributed by atoms with Crippen molar-refractivity contribution in [2.75, 3.05) is 6.61 Å². The Bertz CT molecular complexity index is 421. The second kappa shape index (κ2) is 11.3. The fourth-order valence-electron chi connectivity index (χ4n) is 1.71. The Labute approximate surface area is 123 Å². The Morgan fingerprint density at radius 1 is 0.950 bits per heavy atom. The van der Waals surface area contributed by atoms with Gasteiger partial charge in [0.05, 0.1) is 5.76 Å². The maximum Gasteiger partial charge on any atom is 0.0951 e. The van der Waals surface area contributed by atoms with E-state index in [2.05, 4.69) is 0 Å². The van der Waals surface area contributed by atoms with Gasteiger partial charge < -0.3 is 10.2 Å². The van der Waals surface area contributed by atoms with Crippen molar-refractivity contribution in [3.05, 3.63) is 58.9 Å². The molecule has 0 spiro atoms. The summed E-state index contributed by atoms with van der Waals surface area (Å²) in [6.07, 6.45) is 14.2. The highest BCUT2D eigenvalue weighted by Crippen LogP contribution is 2.14. The summed E-state index contributed by atoms with van der Waals surface area (Å²) >= 11 is 0. The Morgan fingerprint density at radius 2 is 1.55 bits per heavy atom. The van der Waals surface area contributed by atoms with E-state index in [1.807, 2.05) is 64.2 Å². The van der Waals surface area contributed by atoms with E-state index in [0.29, 0.717) is 18.6 Å². The van der Waals surface area contributed by atoms with Crippen molar-refractivity contribution in [3.63, 3.8) is 0 Å². The minimum absolute atomic E-state index is 0.190. The molecule has 112 valence electrons. The van der Waals surface area contributed by atoms with Gasteiger partial charge in [0.2, 0.25) is 0 Å². The third-order valence-corrected chi connectivity index (χ3v) is 2.91. The molecule has 2 heteroatoms. The van der Waals surface area contributed by atoms with Crippen molar-refractivity contribution in [1.29, 1.82) is 0 Å². The normalized spacial score (nSPS) is 15.2. The summed E-state index contributed by atoms with van der Waals surface area (Å²) in [6.45, 7) is 8.23. The minimum atomic E-state index is 0.190. The monoisotopic (exact) mass is 276 g/mol. The zero-order valence-corrected chi connectivity index (χ0v) is 13.2. The first-order chi connectivity index (χ1) is 9.54. The molecule has 0 saturated carbocycles. The Balaban J connectivity index is 4.64. The van der Waals surface area contributed by atoms with Gasteiger partial charge in [-0.15, -0.1) is 0 Å². The van der Waals surface area contributed by atoms with Crippen molar-refractivity contribution in [2.45, 2.75) is 47.0 Å². The summed E-state index contributed by atoms with van der Waals surface area (Å²) in [5, 5.41) is 18.5. The molecule has 0 aliphatic heterocycles. The van der Waals surface area contributed by atoms with E-state index in [9.17, 15) is 5.11 Å². The van der Waals surface area contributed by atoms with Crippen molar-refractivity contribution in [1.82, 2.24) is 0 Å². The number of aliphatic hydroxyl groups excluding tert-OH is 2. The molecule has 2 nitrogen and oxygen atoms in total. The quantitative estimate of drug-likeness (QED) is 0.483. The average Bonchev–Trinajstić information content (AvgIpc) is 2.46. The standard InChI is InChI=1S/C18H28O2/c1-5-17(18(20)6-2)14-16(4)11-8-7-10-15(3)12-9-13-19/h7-8,10-12,14,19-20H,5-6,9,13H2,1-4H3. The van der Waals surface area contributed by atoms with Gasteiger partial charge in [0.25, 0.3) is 0 Å². The summed E-state index contributed by atoms with van der Waals surface area (Å²) in [7, 11) is 0. The predicted molar refractivity (Wildman–Crippen MR) is 87.7 cm³/mol.